The van der Waals surface area contributed by atoms with Crippen LogP contribution in [0.25, 0.3) is 11.0 Å². The van der Waals surface area contributed by atoms with Gasteiger partial charge in [0.2, 0.25) is 5.91 Å². The van der Waals surface area contributed by atoms with Gasteiger partial charge in [-0.3, -0.25) is 4.79 Å². The third-order valence-corrected chi connectivity index (χ3v) is 5.09. The van der Waals surface area contributed by atoms with Crippen LogP contribution in [-0.4, -0.2) is 35.2 Å². The molecule has 2 atom stereocenters. The number of amides is 1. The SMILES string of the molecule is COCCn1c(CNC(=O)C2CC(c3ccccc3)NN2)nc2ccccc21. The highest BCUT2D eigenvalue weighted by molar-refractivity contribution is 5.82. The fourth-order valence-corrected chi connectivity index (χ4v) is 3.61. The molecule has 0 spiro atoms. The molecule has 1 aliphatic heterocycles. The van der Waals surface area contributed by atoms with Gasteiger partial charge >= 0.3 is 0 Å². The quantitative estimate of drug-likeness (QED) is 0.584. The third-order valence-electron chi connectivity index (χ3n) is 5.09. The first-order valence-electron chi connectivity index (χ1n) is 9.53. The van der Waals surface area contributed by atoms with Gasteiger partial charge in [-0.15, -0.1) is 0 Å². The van der Waals surface area contributed by atoms with Crippen molar-refractivity contribution in [1.82, 2.24) is 25.7 Å². The number of hydrazine groups is 1. The van der Waals surface area contributed by atoms with Gasteiger partial charge in [0.1, 0.15) is 11.9 Å². The second-order valence-electron chi connectivity index (χ2n) is 6.92. The maximum atomic E-state index is 12.7. The molecule has 3 N–H and O–H groups in total. The summed E-state index contributed by atoms with van der Waals surface area (Å²) in [6.07, 6.45) is 0.704. The van der Waals surface area contributed by atoms with Crippen LogP contribution in [0.1, 0.15) is 23.9 Å². The molecular formula is C21H25N5O2. The Hall–Kier alpha value is -2.74. The van der Waals surface area contributed by atoms with E-state index in [0.717, 1.165) is 16.9 Å². The van der Waals surface area contributed by atoms with Crippen molar-refractivity contribution in [3.05, 3.63) is 66.0 Å². The lowest BCUT2D eigenvalue weighted by Crippen LogP contribution is -2.43. The van der Waals surface area contributed by atoms with Crippen molar-refractivity contribution in [2.45, 2.75) is 31.6 Å². The molecule has 2 unspecified atom stereocenters. The average molecular weight is 379 g/mol. The number of carbonyl (C=O) groups excluding carboxylic acids is 1. The van der Waals surface area contributed by atoms with Crippen molar-refractivity contribution in [1.29, 1.82) is 0 Å². The molecule has 7 nitrogen and oxygen atoms in total. The fraction of sp³-hybridized carbons (Fsp3) is 0.333. The second-order valence-corrected chi connectivity index (χ2v) is 6.92. The summed E-state index contributed by atoms with van der Waals surface area (Å²) in [6, 6.07) is 18.0. The number of aromatic nitrogens is 2. The highest BCUT2D eigenvalue weighted by atomic mass is 16.5. The van der Waals surface area contributed by atoms with Crippen LogP contribution in [0.2, 0.25) is 0 Å². The first-order chi connectivity index (χ1) is 13.8. The van der Waals surface area contributed by atoms with E-state index in [1.165, 1.54) is 5.56 Å². The van der Waals surface area contributed by atoms with Gasteiger partial charge in [0, 0.05) is 19.7 Å². The number of benzene rings is 2. The third kappa shape index (κ3) is 3.91. The van der Waals surface area contributed by atoms with Crippen molar-refractivity contribution >= 4 is 16.9 Å². The highest BCUT2D eigenvalue weighted by Gasteiger charge is 2.30. The summed E-state index contributed by atoms with van der Waals surface area (Å²) in [5.41, 5.74) is 9.47. The van der Waals surface area contributed by atoms with E-state index in [4.69, 9.17) is 4.74 Å². The molecule has 0 bridgehead atoms. The zero-order chi connectivity index (χ0) is 19.3. The van der Waals surface area contributed by atoms with Gasteiger partial charge in [0.15, 0.2) is 0 Å². The van der Waals surface area contributed by atoms with Gasteiger partial charge in [-0.05, 0) is 24.1 Å². The Morgan fingerprint density at radius 2 is 1.96 bits per heavy atom. The van der Waals surface area contributed by atoms with Gasteiger partial charge in [0.05, 0.1) is 24.2 Å². The van der Waals surface area contributed by atoms with Gasteiger partial charge in [-0.25, -0.2) is 15.8 Å². The predicted molar refractivity (Wildman–Crippen MR) is 107 cm³/mol. The summed E-state index contributed by atoms with van der Waals surface area (Å²) in [6.45, 7) is 1.67. The number of methoxy groups -OCH3 is 1. The Balaban J connectivity index is 1.41. The van der Waals surface area contributed by atoms with E-state index in [9.17, 15) is 4.79 Å². The summed E-state index contributed by atoms with van der Waals surface area (Å²) >= 11 is 0. The molecule has 1 amide bonds. The van der Waals surface area contributed by atoms with Crippen LogP contribution in [0, 0.1) is 0 Å². The lowest BCUT2D eigenvalue weighted by Gasteiger charge is -2.12. The van der Waals surface area contributed by atoms with Crippen molar-refractivity contribution in [3.8, 4) is 0 Å². The molecule has 3 aromatic rings. The van der Waals surface area contributed by atoms with Crippen molar-refractivity contribution < 1.29 is 9.53 Å². The topological polar surface area (TPSA) is 80.2 Å². The number of imidazole rings is 1. The van der Waals surface area contributed by atoms with Gasteiger partial charge < -0.3 is 14.6 Å². The van der Waals surface area contributed by atoms with Crippen LogP contribution in [0.5, 0.6) is 0 Å². The van der Waals surface area contributed by atoms with E-state index < -0.39 is 0 Å². The number of carbonyl (C=O) groups is 1. The van der Waals surface area contributed by atoms with Crippen LogP contribution in [0.15, 0.2) is 54.6 Å². The number of nitrogens with one attached hydrogen (secondary N) is 3. The highest BCUT2D eigenvalue weighted by Crippen LogP contribution is 2.22. The summed E-state index contributed by atoms with van der Waals surface area (Å²) in [5.74, 6) is 0.799. The second kappa shape index (κ2) is 8.52. The Labute approximate surface area is 164 Å². The minimum atomic E-state index is -0.276. The van der Waals surface area contributed by atoms with Crippen molar-refractivity contribution in [2.24, 2.45) is 0 Å². The monoisotopic (exact) mass is 379 g/mol. The van der Waals surface area contributed by atoms with Gasteiger partial charge in [-0.1, -0.05) is 42.5 Å². The molecule has 0 radical (unpaired) electrons. The first-order valence-corrected chi connectivity index (χ1v) is 9.53. The molecular weight excluding hydrogens is 354 g/mol. The molecule has 0 saturated carbocycles. The molecule has 1 fully saturated rings. The molecule has 4 rings (SSSR count). The largest absolute Gasteiger partial charge is 0.383 e. The lowest BCUT2D eigenvalue weighted by atomic mass is 10.0. The van der Waals surface area contributed by atoms with Crippen LogP contribution >= 0.6 is 0 Å². The fourth-order valence-electron chi connectivity index (χ4n) is 3.61. The van der Waals surface area contributed by atoms with Gasteiger partial charge in [-0.2, -0.15) is 0 Å². The standard InChI is InChI=1S/C21H25N5O2/c1-28-12-11-26-19-10-6-5-9-16(19)23-20(26)14-22-21(27)18-13-17(24-25-18)15-7-3-2-4-8-15/h2-10,17-18,24-25H,11-14H2,1H3,(H,22,27). The van der Waals surface area contributed by atoms with Gasteiger partial charge in [0.25, 0.3) is 0 Å². The minimum absolute atomic E-state index is 0.0312. The summed E-state index contributed by atoms with van der Waals surface area (Å²) in [4.78, 5) is 17.3. The molecule has 0 aliphatic carbocycles. The van der Waals surface area contributed by atoms with E-state index in [0.29, 0.717) is 26.1 Å². The lowest BCUT2D eigenvalue weighted by molar-refractivity contribution is -0.123. The van der Waals surface area contributed by atoms with Crippen LogP contribution in [0.4, 0.5) is 0 Å². The van der Waals surface area contributed by atoms with Crippen molar-refractivity contribution in [3.63, 3.8) is 0 Å². The molecule has 1 aliphatic rings. The predicted octanol–water partition coefficient (Wildman–Crippen LogP) is 1.91. The number of para-hydroxylation sites is 2. The number of rotatable bonds is 7. The van der Waals surface area contributed by atoms with Crippen LogP contribution < -0.4 is 16.2 Å². The normalized spacial score (nSPS) is 19.2. The van der Waals surface area contributed by atoms with Crippen LogP contribution in [0.3, 0.4) is 0 Å². The molecule has 2 aromatic carbocycles. The number of ether oxygens (including phenoxy) is 1. The Kier molecular flexibility index (Phi) is 5.66. The Morgan fingerprint density at radius 1 is 1.18 bits per heavy atom. The molecule has 1 saturated heterocycles. The number of hydrogen-bond donors (Lipinski definition) is 3. The maximum absolute atomic E-state index is 12.7. The van der Waals surface area contributed by atoms with Crippen molar-refractivity contribution in [2.75, 3.05) is 13.7 Å². The summed E-state index contributed by atoms with van der Waals surface area (Å²) < 4.78 is 7.33. The van der Waals surface area contributed by atoms with E-state index in [1.807, 2.05) is 42.5 Å². The molecule has 2 heterocycles. The number of nitrogens with zero attached hydrogens (tertiary/aromatic N) is 2. The molecule has 146 valence electrons. The van der Waals surface area contributed by atoms with Crippen LogP contribution in [-0.2, 0) is 22.6 Å². The molecule has 1 aromatic heterocycles. The smallest absolute Gasteiger partial charge is 0.238 e. The summed E-state index contributed by atoms with van der Waals surface area (Å²) in [7, 11) is 1.68. The zero-order valence-corrected chi connectivity index (χ0v) is 15.9. The zero-order valence-electron chi connectivity index (χ0n) is 15.9. The Morgan fingerprint density at radius 3 is 2.79 bits per heavy atom. The van der Waals surface area contributed by atoms with E-state index in [2.05, 4.69) is 37.9 Å². The number of hydrogen-bond acceptors (Lipinski definition) is 5. The minimum Gasteiger partial charge on any atom is -0.383 e. The molecule has 28 heavy (non-hydrogen) atoms. The number of fused-ring (bicyclic) bond motifs is 1. The van der Waals surface area contributed by atoms with E-state index in [-0.39, 0.29) is 18.0 Å². The van der Waals surface area contributed by atoms with E-state index in [1.54, 1.807) is 7.11 Å². The molecule has 7 heteroatoms. The average Bonchev–Trinajstić information content (AvgIpc) is 3.36. The summed E-state index contributed by atoms with van der Waals surface area (Å²) in [5, 5.41) is 3.03. The Bertz CT molecular complexity index is 940. The first kappa shape index (κ1) is 18.6. The maximum Gasteiger partial charge on any atom is 0.238 e. The van der Waals surface area contributed by atoms with E-state index >= 15 is 0 Å².